The van der Waals surface area contributed by atoms with Crippen molar-refractivity contribution in [1.29, 1.82) is 0 Å². The number of rotatable bonds is 5. The summed E-state index contributed by atoms with van der Waals surface area (Å²) in [7, 11) is 0. The molecule has 0 bridgehead atoms. The van der Waals surface area contributed by atoms with E-state index in [0.717, 1.165) is 0 Å². The van der Waals surface area contributed by atoms with E-state index in [1.807, 2.05) is 13.8 Å². The SMILES string of the molecule is CC(C)n1ccn(CC(=O)Cc2ccccc2F)c1=O. The number of hydrogen-bond donors (Lipinski definition) is 0. The Morgan fingerprint density at radius 1 is 1.25 bits per heavy atom. The molecule has 5 heteroatoms. The molecule has 0 radical (unpaired) electrons. The lowest BCUT2D eigenvalue weighted by atomic mass is 10.1. The molecule has 4 nitrogen and oxygen atoms in total. The third-order valence-electron chi connectivity index (χ3n) is 3.12. The zero-order valence-corrected chi connectivity index (χ0v) is 11.5. The highest BCUT2D eigenvalue weighted by Gasteiger charge is 2.12. The summed E-state index contributed by atoms with van der Waals surface area (Å²) in [5, 5.41) is 0. The Bertz CT molecular complexity index is 671. The summed E-state index contributed by atoms with van der Waals surface area (Å²) in [5.41, 5.74) is 0.135. The fourth-order valence-electron chi connectivity index (χ4n) is 2.04. The number of carbonyl (C=O) groups is 1. The first-order valence-corrected chi connectivity index (χ1v) is 6.51. The highest BCUT2D eigenvalue weighted by Crippen LogP contribution is 2.08. The van der Waals surface area contributed by atoms with Crippen LogP contribution in [0.5, 0.6) is 0 Å². The summed E-state index contributed by atoms with van der Waals surface area (Å²) in [6, 6.07) is 6.22. The average Bonchev–Trinajstić information content (AvgIpc) is 2.74. The van der Waals surface area contributed by atoms with E-state index >= 15 is 0 Å². The molecular formula is C15H17FN2O2. The van der Waals surface area contributed by atoms with Gasteiger partial charge in [-0.2, -0.15) is 0 Å². The van der Waals surface area contributed by atoms with E-state index in [-0.39, 0.29) is 30.5 Å². The number of ketones is 1. The summed E-state index contributed by atoms with van der Waals surface area (Å²) in [4.78, 5) is 23.9. The van der Waals surface area contributed by atoms with Crippen molar-refractivity contribution in [2.24, 2.45) is 0 Å². The van der Waals surface area contributed by atoms with Crippen LogP contribution in [0.25, 0.3) is 0 Å². The lowest BCUT2D eigenvalue weighted by Crippen LogP contribution is -2.28. The van der Waals surface area contributed by atoms with E-state index in [2.05, 4.69) is 0 Å². The fraction of sp³-hybridized carbons (Fsp3) is 0.333. The number of nitrogens with zero attached hydrogens (tertiary/aromatic N) is 2. The summed E-state index contributed by atoms with van der Waals surface area (Å²) in [6.45, 7) is 3.76. The fourth-order valence-corrected chi connectivity index (χ4v) is 2.04. The molecule has 0 spiro atoms. The summed E-state index contributed by atoms with van der Waals surface area (Å²) in [6.07, 6.45) is 3.23. The zero-order valence-electron chi connectivity index (χ0n) is 11.5. The van der Waals surface area contributed by atoms with Gasteiger partial charge in [-0.15, -0.1) is 0 Å². The van der Waals surface area contributed by atoms with Crippen molar-refractivity contribution in [1.82, 2.24) is 9.13 Å². The molecule has 0 unspecified atom stereocenters. The first kappa shape index (κ1) is 14.2. The van der Waals surface area contributed by atoms with Crippen LogP contribution in [0.15, 0.2) is 41.5 Å². The second-order valence-corrected chi connectivity index (χ2v) is 5.02. The third-order valence-corrected chi connectivity index (χ3v) is 3.12. The van der Waals surface area contributed by atoms with Crippen molar-refractivity contribution in [3.8, 4) is 0 Å². The topological polar surface area (TPSA) is 44.0 Å². The minimum Gasteiger partial charge on any atom is -0.297 e. The maximum atomic E-state index is 13.5. The standard InChI is InChI=1S/C15H17FN2O2/c1-11(2)18-8-7-17(15(18)20)10-13(19)9-12-5-3-4-6-14(12)16/h3-8,11H,9-10H2,1-2H3. The van der Waals surface area contributed by atoms with Gasteiger partial charge in [0.05, 0.1) is 6.54 Å². The maximum absolute atomic E-state index is 13.5. The van der Waals surface area contributed by atoms with Gasteiger partial charge in [0.15, 0.2) is 5.78 Å². The highest BCUT2D eigenvalue weighted by atomic mass is 19.1. The molecule has 0 fully saturated rings. The summed E-state index contributed by atoms with van der Waals surface area (Å²) in [5.74, 6) is -0.591. The molecule has 0 aliphatic heterocycles. The Morgan fingerprint density at radius 2 is 1.95 bits per heavy atom. The third kappa shape index (κ3) is 3.04. The Morgan fingerprint density at radius 3 is 2.55 bits per heavy atom. The van der Waals surface area contributed by atoms with Crippen molar-refractivity contribution in [3.05, 3.63) is 58.5 Å². The van der Waals surface area contributed by atoms with Crippen LogP contribution in [-0.4, -0.2) is 14.9 Å². The lowest BCUT2D eigenvalue weighted by Gasteiger charge is -2.05. The number of Topliss-reactive ketones (excluding diaryl/α,β-unsaturated/α-hetero) is 1. The molecular weight excluding hydrogens is 259 g/mol. The van der Waals surface area contributed by atoms with E-state index in [9.17, 15) is 14.0 Å². The molecule has 0 aliphatic rings. The van der Waals surface area contributed by atoms with Crippen LogP contribution >= 0.6 is 0 Å². The van der Waals surface area contributed by atoms with Crippen molar-refractivity contribution in [2.45, 2.75) is 32.9 Å². The second-order valence-electron chi connectivity index (χ2n) is 5.02. The van der Waals surface area contributed by atoms with Crippen LogP contribution in [0.2, 0.25) is 0 Å². The molecule has 1 aromatic carbocycles. The number of hydrogen-bond acceptors (Lipinski definition) is 2. The van der Waals surface area contributed by atoms with E-state index in [4.69, 9.17) is 0 Å². The number of imidazole rings is 1. The van der Waals surface area contributed by atoms with Crippen LogP contribution in [0, 0.1) is 5.82 Å². The van der Waals surface area contributed by atoms with Gasteiger partial charge in [-0.3, -0.25) is 13.9 Å². The van der Waals surface area contributed by atoms with Crippen molar-refractivity contribution < 1.29 is 9.18 Å². The van der Waals surface area contributed by atoms with E-state index in [1.54, 1.807) is 35.2 Å². The van der Waals surface area contributed by atoms with Crippen LogP contribution < -0.4 is 5.69 Å². The molecule has 0 N–H and O–H groups in total. The molecule has 0 saturated heterocycles. The molecule has 0 amide bonds. The largest absolute Gasteiger partial charge is 0.328 e. The van der Waals surface area contributed by atoms with Gasteiger partial charge in [0.25, 0.3) is 0 Å². The van der Waals surface area contributed by atoms with Gasteiger partial charge in [0, 0.05) is 24.9 Å². The average molecular weight is 276 g/mol. The van der Waals surface area contributed by atoms with E-state index in [1.165, 1.54) is 10.6 Å². The van der Waals surface area contributed by atoms with Crippen LogP contribution in [-0.2, 0) is 17.8 Å². The number of benzene rings is 1. The molecule has 106 valence electrons. The molecule has 1 heterocycles. The Labute approximate surface area is 116 Å². The normalized spacial score (nSPS) is 11.0. The van der Waals surface area contributed by atoms with Crippen molar-refractivity contribution in [3.63, 3.8) is 0 Å². The zero-order chi connectivity index (χ0) is 14.7. The Hall–Kier alpha value is -2.17. The lowest BCUT2D eigenvalue weighted by molar-refractivity contribution is -0.119. The minimum absolute atomic E-state index is 0.00796. The van der Waals surface area contributed by atoms with Crippen molar-refractivity contribution in [2.75, 3.05) is 0 Å². The first-order valence-electron chi connectivity index (χ1n) is 6.51. The predicted molar refractivity (Wildman–Crippen MR) is 74.2 cm³/mol. The molecule has 0 saturated carbocycles. The highest BCUT2D eigenvalue weighted by molar-refractivity contribution is 5.80. The predicted octanol–water partition coefficient (Wildman–Crippen LogP) is 2.18. The minimum atomic E-state index is -0.395. The van der Waals surface area contributed by atoms with Gasteiger partial charge < -0.3 is 0 Å². The second kappa shape index (κ2) is 5.86. The number of halogens is 1. The van der Waals surface area contributed by atoms with Gasteiger partial charge in [0.2, 0.25) is 0 Å². The molecule has 0 atom stereocenters. The van der Waals surface area contributed by atoms with Crippen LogP contribution in [0.3, 0.4) is 0 Å². The maximum Gasteiger partial charge on any atom is 0.328 e. The van der Waals surface area contributed by atoms with E-state index < -0.39 is 5.82 Å². The summed E-state index contributed by atoms with van der Waals surface area (Å²) >= 11 is 0. The Balaban J connectivity index is 2.09. The number of aromatic nitrogens is 2. The van der Waals surface area contributed by atoms with Gasteiger partial charge in [-0.1, -0.05) is 18.2 Å². The van der Waals surface area contributed by atoms with E-state index in [0.29, 0.717) is 5.56 Å². The smallest absolute Gasteiger partial charge is 0.297 e. The summed E-state index contributed by atoms with van der Waals surface area (Å²) < 4.78 is 16.4. The van der Waals surface area contributed by atoms with Gasteiger partial charge >= 0.3 is 5.69 Å². The molecule has 0 aliphatic carbocycles. The Kier molecular flexibility index (Phi) is 4.17. The van der Waals surface area contributed by atoms with Crippen molar-refractivity contribution >= 4 is 5.78 Å². The van der Waals surface area contributed by atoms with Gasteiger partial charge in [0.1, 0.15) is 5.82 Å². The molecule has 1 aromatic heterocycles. The molecule has 2 rings (SSSR count). The number of carbonyl (C=O) groups excluding carboxylic acids is 1. The quantitative estimate of drug-likeness (QED) is 0.840. The van der Waals surface area contributed by atoms with Crippen LogP contribution in [0.4, 0.5) is 4.39 Å². The molecule has 20 heavy (non-hydrogen) atoms. The monoisotopic (exact) mass is 276 g/mol. The van der Waals surface area contributed by atoms with Gasteiger partial charge in [-0.25, -0.2) is 9.18 Å². The first-order chi connectivity index (χ1) is 9.49. The van der Waals surface area contributed by atoms with Gasteiger partial charge in [-0.05, 0) is 25.5 Å². The van der Waals surface area contributed by atoms with Crippen LogP contribution in [0.1, 0.15) is 25.5 Å². The molecule has 2 aromatic rings.